The van der Waals surface area contributed by atoms with E-state index in [-0.39, 0.29) is 23.4 Å². The number of phenols is 1. The van der Waals surface area contributed by atoms with Crippen molar-refractivity contribution in [3.63, 3.8) is 0 Å². The SMILES string of the molecule is O=C1NCC2(CCC3(O)C4Cc5ccc(O)cc5C3(CCN4CC3CC3)C2)N1. The highest BCUT2D eigenvalue weighted by Crippen LogP contribution is 2.60. The number of fused-ring (bicyclic) bond motifs is 1. The Bertz CT molecular complexity index is 855. The van der Waals surface area contributed by atoms with Gasteiger partial charge in [0.05, 0.1) is 11.1 Å². The summed E-state index contributed by atoms with van der Waals surface area (Å²) in [6.07, 6.45) is 6.58. The summed E-state index contributed by atoms with van der Waals surface area (Å²) in [6, 6.07) is 5.74. The molecule has 2 saturated heterocycles. The van der Waals surface area contributed by atoms with E-state index in [1.165, 1.54) is 18.4 Å². The topological polar surface area (TPSA) is 84.8 Å². The Morgan fingerprint density at radius 1 is 1.21 bits per heavy atom. The molecule has 0 aromatic heterocycles. The summed E-state index contributed by atoms with van der Waals surface area (Å²) in [7, 11) is 0. The minimum Gasteiger partial charge on any atom is -0.508 e. The first-order valence-electron chi connectivity index (χ1n) is 10.8. The highest BCUT2D eigenvalue weighted by molar-refractivity contribution is 5.77. The number of hydrogen-bond donors (Lipinski definition) is 4. The number of phenolic OH excluding ortho intramolecular Hbond substituents is 1. The monoisotopic (exact) mass is 383 g/mol. The number of carbonyl (C=O) groups is 1. The van der Waals surface area contributed by atoms with Crippen molar-refractivity contribution in [2.24, 2.45) is 5.92 Å². The van der Waals surface area contributed by atoms with Crippen LogP contribution in [0.1, 0.15) is 49.7 Å². The maximum atomic E-state index is 12.3. The van der Waals surface area contributed by atoms with E-state index < -0.39 is 11.0 Å². The molecular formula is C22H29N3O3. The molecule has 2 amide bonds. The Kier molecular flexibility index (Phi) is 3.31. The number of amides is 2. The summed E-state index contributed by atoms with van der Waals surface area (Å²) in [4.78, 5) is 14.5. The molecule has 5 aliphatic rings. The number of hydrogen-bond acceptors (Lipinski definition) is 4. The van der Waals surface area contributed by atoms with Crippen LogP contribution >= 0.6 is 0 Å². The van der Waals surface area contributed by atoms with E-state index in [0.29, 0.717) is 13.0 Å². The Labute approximate surface area is 165 Å². The van der Waals surface area contributed by atoms with Crippen LogP contribution in [0, 0.1) is 5.92 Å². The zero-order chi connectivity index (χ0) is 19.1. The smallest absolute Gasteiger partial charge is 0.315 e. The van der Waals surface area contributed by atoms with Gasteiger partial charge in [0.2, 0.25) is 0 Å². The maximum Gasteiger partial charge on any atom is 0.315 e. The van der Waals surface area contributed by atoms with Gasteiger partial charge in [0.1, 0.15) is 5.75 Å². The lowest BCUT2D eigenvalue weighted by molar-refractivity contribution is -0.177. The quantitative estimate of drug-likeness (QED) is 0.626. The second kappa shape index (κ2) is 5.42. The second-order valence-corrected chi connectivity index (χ2v) is 10.0. The fourth-order valence-corrected chi connectivity index (χ4v) is 6.92. The van der Waals surface area contributed by atoms with E-state index in [2.05, 4.69) is 15.5 Å². The Morgan fingerprint density at radius 2 is 2.07 bits per heavy atom. The second-order valence-electron chi connectivity index (χ2n) is 10.0. The number of benzene rings is 1. The molecule has 6 rings (SSSR count). The molecule has 3 aliphatic carbocycles. The van der Waals surface area contributed by atoms with Gasteiger partial charge in [0.15, 0.2) is 0 Å². The summed E-state index contributed by atoms with van der Waals surface area (Å²) < 4.78 is 0. The van der Waals surface area contributed by atoms with Crippen LogP contribution in [0.2, 0.25) is 0 Å². The minimum atomic E-state index is -0.806. The third-order valence-electron chi connectivity index (χ3n) is 8.45. The van der Waals surface area contributed by atoms with Crippen molar-refractivity contribution in [3.8, 4) is 5.75 Å². The summed E-state index contributed by atoms with van der Waals surface area (Å²) in [5.74, 6) is 1.06. The highest BCUT2D eigenvalue weighted by atomic mass is 16.3. The van der Waals surface area contributed by atoms with Crippen LogP contribution in [-0.4, -0.2) is 58.0 Å². The number of aliphatic hydroxyl groups is 1. The van der Waals surface area contributed by atoms with Gasteiger partial charge in [-0.3, -0.25) is 4.90 Å². The largest absolute Gasteiger partial charge is 0.508 e. The molecule has 4 unspecified atom stereocenters. The first-order chi connectivity index (χ1) is 13.4. The summed E-state index contributed by atoms with van der Waals surface area (Å²) in [5, 5.41) is 28.6. The van der Waals surface area contributed by atoms with Crippen LogP contribution in [0.5, 0.6) is 5.75 Å². The zero-order valence-electron chi connectivity index (χ0n) is 16.2. The lowest BCUT2D eigenvalue weighted by Crippen LogP contribution is -2.76. The van der Waals surface area contributed by atoms with Gasteiger partial charge in [-0.1, -0.05) is 6.07 Å². The molecule has 2 aliphatic heterocycles. The first-order valence-corrected chi connectivity index (χ1v) is 10.8. The van der Waals surface area contributed by atoms with E-state index in [1.807, 2.05) is 12.1 Å². The van der Waals surface area contributed by atoms with Crippen LogP contribution < -0.4 is 10.6 Å². The maximum absolute atomic E-state index is 12.3. The van der Waals surface area contributed by atoms with Gasteiger partial charge in [-0.05, 0) is 80.7 Å². The molecule has 2 bridgehead atoms. The molecule has 4 fully saturated rings. The Hall–Kier alpha value is -1.79. The standard InChI is InChI=1S/C22H29N3O3/c26-16-4-3-15-9-18-22(28)6-5-20(13-23-19(27)24-20)12-21(22,17(15)10-16)7-8-25(18)11-14-1-2-14/h3-4,10,14,18,26,28H,1-2,5-9,11-13H2,(H2,23,24,27). The van der Waals surface area contributed by atoms with E-state index in [1.54, 1.807) is 6.07 Å². The van der Waals surface area contributed by atoms with Crippen LogP contribution in [0.15, 0.2) is 18.2 Å². The van der Waals surface area contributed by atoms with Gasteiger partial charge in [0.25, 0.3) is 0 Å². The molecule has 6 nitrogen and oxygen atoms in total. The Morgan fingerprint density at radius 3 is 2.82 bits per heavy atom. The molecule has 2 saturated carbocycles. The van der Waals surface area contributed by atoms with Gasteiger partial charge in [-0.25, -0.2) is 4.79 Å². The number of carbonyl (C=O) groups excluding carboxylic acids is 1. The number of aromatic hydroxyl groups is 1. The summed E-state index contributed by atoms with van der Waals surface area (Å²) in [5.41, 5.74) is 0.841. The van der Waals surface area contributed by atoms with Crippen molar-refractivity contribution in [1.82, 2.24) is 15.5 Å². The number of nitrogens with one attached hydrogen (secondary N) is 2. The van der Waals surface area contributed by atoms with Crippen LogP contribution in [0.3, 0.4) is 0 Å². The third-order valence-corrected chi connectivity index (χ3v) is 8.45. The van der Waals surface area contributed by atoms with Gasteiger partial charge in [-0.2, -0.15) is 0 Å². The van der Waals surface area contributed by atoms with E-state index in [9.17, 15) is 15.0 Å². The first kappa shape index (κ1) is 17.1. The lowest BCUT2D eigenvalue weighted by Gasteiger charge is -2.66. The average Bonchev–Trinajstić information content (AvgIpc) is 3.41. The molecule has 1 aromatic carbocycles. The zero-order valence-corrected chi connectivity index (χ0v) is 16.2. The van der Waals surface area contributed by atoms with E-state index >= 15 is 0 Å². The average molecular weight is 383 g/mol. The summed E-state index contributed by atoms with van der Waals surface area (Å²) >= 11 is 0. The third kappa shape index (κ3) is 2.19. The van der Waals surface area contributed by atoms with Crippen molar-refractivity contribution < 1.29 is 15.0 Å². The predicted molar refractivity (Wildman–Crippen MR) is 104 cm³/mol. The molecule has 4 atom stereocenters. The molecule has 28 heavy (non-hydrogen) atoms. The number of piperidine rings is 1. The molecule has 6 heteroatoms. The van der Waals surface area contributed by atoms with Crippen molar-refractivity contribution in [2.75, 3.05) is 19.6 Å². The number of rotatable bonds is 2. The molecule has 0 radical (unpaired) electrons. The molecule has 1 aromatic rings. The predicted octanol–water partition coefficient (Wildman–Crippen LogP) is 1.64. The van der Waals surface area contributed by atoms with Crippen LogP contribution in [-0.2, 0) is 11.8 Å². The Balaban J connectivity index is 1.48. The molecular weight excluding hydrogens is 354 g/mol. The van der Waals surface area contributed by atoms with Gasteiger partial charge < -0.3 is 20.8 Å². The van der Waals surface area contributed by atoms with Gasteiger partial charge >= 0.3 is 6.03 Å². The summed E-state index contributed by atoms with van der Waals surface area (Å²) in [6.45, 7) is 2.70. The lowest BCUT2D eigenvalue weighted by atomic mass is 9.46. The van der Waals surface area contributed by atoms with Crippen molar-refractivity contribution >= 4 is 6.03 Å². The number of urea groups is 1. The molecule has 150 valence electrons. The van der Waals surface area contributed by atoms with E-state index in [0.717, 1.165) is 50.3 Å². The van der Waals surface area contributed by atoms with E-state index in [4.69, 9.17) is 0 Å². The fourth-order valence-electron chi connectivity index (χ4n) is 6.92. The fraction of sp³-hybridized carbons (Fsp3) is 0.682. The van der Waals surface area contributed by atoms with Crippen molar-refractivity contribution in [1.29, 1.82) is 0 Å². The molecule has 1 spiro atoms. The van der Waals surface area contributed by atoms with Crippen LogP contribution in [0.4, 0.5) is 4.79 Å². The highest BCUT2D eigenvalue weighted by Gasteiger charge is 2.67. The molecule has 4 N–H and O–H groups in total. The van der Waals surface area contributed by atoms with Crippen molar-refractivity contribution in [2.45, 2.75) is 67.5 Å². The van der Waals surface area contributed by atoms with Gasteiger partial charge in [0, 0.05) is 24.5 Å². The van der Waals surface area contributed by atoms with Crippen LogP contribution in [0.25, 0.3) is 0 Å². The van der Waals surface area contributed by atoms with Gasteiger partial charge in [-0.15, -0.1) is 0 Å². The van der Waals surface area contributed by atoms with Crippen molar-refractivity contribution in [3.05, 3.63) is 29.3 Å². The normalized spacial score (nSPS) is 41.9. The number of nitrogens with zero attached hydrogens (tertiary/aromatic N) is 1. The molecule has 2 heterocycles. The number of likely N-dealkylation sites (tertiary alicyclic amines) is 1. The minimum absolute atomic E-state index is 0.100.